The first-order valence-corrected chi connectivity index (χ1v) is 11.8. The zero-order valence-electron chi connectivity index (χ0n) is 16.4. The van der Waals surface area contributed by atoms with Crippen LogP contribution in [0.5, 0.6) is 0 Å². The summed E-state index contributed by atoms with van der Waals surface area (Å²) < 4.78 is 11.6. The largest absolute Gasteiger partial charge is 0.397 e. The number of amides is 1. The van der Waals surface area contributed by atoms with Gasteiger partial charge in [0.1, 0.15) is 0 Å². The van der Waals surface area contributed by atoms with Gasteiger partial charge < -0.3 is 15.9 Å². The lowest BCUT2D eigenvalue weighted by atomic mass is 10.1. The Balaban J connectivity index is 1.49. The van der Waals surface area contributed by atoms with E-state index in [0.717, 1.165) is 16.0 Å². The normalized spacial score (nSPS) is 11.8. The van der Waals surface area contributed by atoms with E-state index in [4.69, 9.17) is 5.73 Å². The first-order valence-electron chi connectivity index (χ1n) is 9.52. The highest BCUT2D eigenvalue weighted by molar-refractivity contribution is 7.47. The number of pyridine rings is 1. The van der Waals surface area contributed by atoms with Gasteiger partial charge in [-0.2, -0.15) is 0 Å². The highest BCUT2D eigenvalue weighted by Gasteiger charge is 2.12. The van der Waals surface area contributed by atoms with Crippen LogP contribution in [0.1, 0.15) is 21.6 Å². The van der Waals surface area contributed by atoms with E-state index in [1.54, 1.807) is 47.7 Å². The van der Waals surface area contributed by atoms with Crippen molar-refractivity contribution in [3.05, 3.63) is 95.1 Å². The van der Waals surface area contributed by atoms with E-state index < -0.39 is 8.03 Å². The van der Waals surface area contributed by atoms with Gasteiger partial charge in [-0.1, -0.05) is 30.3 Å². The molecule has 2 heterocycles. The molecule has 0 fully saturated rings. The first-order chi connectivity index (χ1) is 15.0. The summed E-state index contributed by atoms with van der Waals surface area (Å²) in [6, 6.07) is 20.0. The topological polar surface area (TPSA) is 105 Å². The maximum Gasteiger partial charge on any atom is 0.257 e. The predicted molar refractivity (Wildman–Crippen MR) is 126 cm³/mol. The smallest absolute Gasteiger partial charge is 0.257 e. The highest BCUT2D eigenvalue weighted by Crippen LogP contribution is 2.30. The number of aromatic nitrogens is 1. The zero-order chi connectivity index (χ0) is 21.8. The highest BCUT2D eigenvalue weighted by atomic mass is 32.1. The Bertz CT molecular complexity index is 1240. The number of hydrogen-bond acceptors (Lipinski definition) is 5. The van der Waals surface area contributed by atoms with Crippen molar-refractivity contribution < 1.29 is 14.3 Å². The van der Waals surface area contributed by atoms with Gasteiger partial charge >= 0.3 is 0 Å². The fourth-order valence-corrected chi connectivity index (χ4v) is 4.61. The van der Waals surface area contributed by atoms with Crippen LogP contribution < -0.4 is 16.4 Å². The van der Waals surface area contributed by atoms with Crippen molar-refractivity contribution in [1.29, 1.82) is 0 Å². The summed E-state index contributed by atoms with van der Waals surface area (Å²) in [7, 11) is -2.79. The third kappa shape index (κ3) is 4.91. The Kier molecular flexibility index (Phi) is 6.28. The van der Waals surface area contributed by atoms with Crippen molar-refractivity contribution in [2.24, 2.45) is 0 Å². The second-order valence-corrected chi connectivity index (χ2v) is 9.01. The van der Waals surface area contributed by atoms with Gasteiger partial charge in [0.2, 0.25) is 8.03 Å². The van der Waals surface area contributed by atoms with Gasteiger partial charge in [0, 0.05) is 28.5 Å². The molecule has 0 aliphatic carbocycles. The Morgan fingerprint density at radius 3 is 2.65 bits per heavy atom. The number of nitrogens with two attached hydrogens (primary N) is 1. The molecule has 0 saturated heterocycles. The molecular formula is C23H20N3O3PS. The van der Waals surface area contributed by atoms with Gasteiger partial charge in [-0.25, -0.2) is 0 Å². The molecule has 4 N–H and O–H groups in total. The maximum atomic E-state index is 12.7. The summed E-state index contributed by atoms with van der Waals surface area (Å²) in [5, 5.41) is 5.28. The zero-order valence-corrected chi connectivity index (χ0v) is 18.2. The van der Waals surface area contributed by atoms with Crippen molar-refractivity contribution >= 4 is 42.0 Å². The first kappa shape index (κ1) is 21.0. The summed E-state index contributed by atoms with van der Waals surface area (Å²) >= 11 is 1.61. The molecule has 31 heavy (non-hydrogen) atoms. The monoisotopic (exact) mass is 449 g/mol. The molecule has 2 aromatic heterocycles. The molecular weight excluding hydrogens is 429 g/mol. The van der Waals surface area contributed by atoms with Crippen LogP contribution in [-0.4, -0.2) is 15.8 Å². The third-order valence-electron chi connectivity index (χ3n) is 4.81. The fourth-order valence-electron chi connectivity index (χ4n) is 3.20. The van der Waals surface area contributed by atoms with Crippen LogP contribution in [0.3, 0.4) is 0 Å². The number of anilines is 2. The Labute approximate surface area is 184 Å². The SMILES string of the molecule is Nc1ccc(-c2cccs2)cc1NC(=O)c1ccc(Cc2ccccc2[PH](=O)O)nc1. The van der Waals surface area contributed by atoms with Crippen LogP contribution in [0.15, 0.2) is 78.3 Å². The average molecular weight is 449 g/mol. The van der Waals surface area contributed by atoms with Crippen LogP contribution in [0.4, 0.5) is 11.4 Å². The van der Waals surface area contributed by atoms with Crippen LogP contribution in [0, 0.1) is 0 Å². The molecule has 0 radical (unpaired) electrons. The lowest BCUT2D eigenvalue weighted by Crippen LogP contribution is -2.14. The molecule has 4 aromatic rings. The second-order valence-electron chi connectivity index (χ2n) is 6.91. The quantitative estimate of drug-likeness (QED) is 0.300. The average Bonchev–Trinajstić information content (AvgIpc) is 3.31. The van der Waals surface area contributed by atoms with E-state index in [1.165, 1.54) is 6.20 Å². The molecule has 1 amide bonds. The summed E-state index contributed by atoms with van der Waals surface area (Å²) in [5.41, 5.74) is 9.90. The number of benzene rings is 2. The van der Waals surface area contributed by atoms with Crippen molar-refractivity contribution in [3.63, 3.8) is 0 Å². The number of carbonyl (C=O) groups excluding carboxylic acids is 1. The summed E-state index contributed by atoms with van der Waals surface area (Å²) in [6.07, 6.45) is 1.90. The van der Waals surface area contributed by atoms with E-state index in [2.05, 4.69) is 10.3 Å². The van der Waals surface area contributed by atoms with Crippen molar-refractivity contribution in [1.82, 2.24) is 4.98 Å². The van der Waals surface area contributed by atoms with Crippen LogP contribution in [0.25, 0.3) is 10.4 Å². The van der Waals surface area contributed by atoms with Crippen molar-refractivity contribution in [2.45, 2.75) is 6.42 Å². The molecule has 1 atom stereocenters. The molecule has 0 aliphatic rings. The van der Waals surface area contributed by atoms with E-state index >= 15 is 0 Å². The minimum Gasteiger partial charge on any atom is -0.397 e. The Morgan fingerprint density at radius 2 is 1.94 bits per heavy atom. The lowest BCUT2D eigenvalue weighted by Gasteiger charge is -2.11. The number of nitrogens with one attached hydrogen (secondary N) is 1. The van der Waals surface area contributed by atoms with Crippen LogP contribution in [-0.2, 0) is 11.0 Å². The molecule has 4 rings (SSSR count). The fraction of sp³-hybridized carbons (Fsp3) is 0.0435. The van der Waals surface area contributed by atoms with Crippen LogP contribution >= 0.6 is 19.4 Å². The number of nitrogen functional groups attached to an aromatic ring is 1. The molecule has 0 saturated carbocycles. The Hall–Kier alpha value is -3.25. The molecule has 8 heteroatoms. The predicted octanol–water partition coefficient (Wildman–Crippen LogP) is 4.33. The lowest BCUT2D eigenvalue weighted by molar-refractivity contribution is 0.102. The number of thiophene rings is 1. The second kappa shape index (κ2) is 9.27. The molecule has 0 bridgehead atoms. The minimum absolute atomic E-state index is 0.310. The van der Waals surface area contributed by atoms with Crippen molar-refractivity contribution in [2.75, 3.05) is 11.1 Å². The van der Waals surface area contributed by atoms with Gasteiger partial charge in [-0.05, 0) is 52.9 Å². The van der Waals surface area contributed by atoms with E-state index in [0.29, 0.717) is 34.4 Å². The van der Waals surface area contributed by atoms with Crippen LogP contribution in [0.2, 0.25) is 0 Å². The third-order valence-corrected chi connectivity index (χ3v) is 6.68. The van der Waals surface area contributed by atoms with Gasteiger partial charge in [0.15, 0.2) is 0 Å². The molecule has 6 nitrogen and oxygen atoms in total. The number of carbonyl (C=O) groups is 1. The van der Waals surface area contributed by atoms with Crippen molar-refractivity contribution in [3.8, 4) is 10.4 Å². The van der Waals surface area contributed by atoms with Gasteiger partial charge in [-0.3, -0.25) is 14.3 Å². The number of hydrogen-bond donors (Lipinski definition) is 3. The van der Waals surface area contributed by atoms with Gasteiger partial charge in [0.05, 0.1) is 16.9 Å². The maximum absolute atomic E-state index is 12.7. The number of nitrogens with zero attached hydrogens (tertiary/aromatic N) is 1. The van der Waals surface area contributed by atoms with E-state index in [-0.39, 0.29) is 5.91 Å². The van der Waals surface area contributed by atoms with E-state index in [9.17, 15) is 14.3 Å². The summed E-state index contributed by atoms with van der Waals surface area (Å²) in [6.45, 7) is 0. The molecule has 0 aliphatic heterocycles. The minimum atomic E-state index is -2.79. The Morgan fingerprint density at radius 1 is 1.10 bits per heavy atom. The molecule has 156 valence electrons. The van der Waals surface area contributed by atoms with Gasteiger partial charge in [0.25, 0.3) is 5.91 Å². The molecule has 1 unspecified atom stereocenters. The standard InChI is InChI=1S/C23H20N3O3PS/c24-19-10-8-16(22-6-3-11-31-22)13-20(19)26-23(27)17-7-9-18(25-14-17)12-15-4-1-2-5-21(15)30(28)29/h1-11,13-14,30H,12,24H2,(H,26,27)(H,28,29). The van der Waals surface area contributed by atoms with E-state index in [1.807, 2.05) is 35.7 Å². The van der Waals surface area contributed by atoms with Gasteiger partial charge in [-0.15, -0.1) is 11.3 Å². The molecule has 0 spiro atoms. The molecule has 2 aromatic carbocycles. The number of rotatable bonds is 6. The summed E-state index contributed by atoms with van der Waals surface area (Å²) in [4.78, 5) is 27.7. The summed E-state index contributed by atoms with van der Waals surface area (Å²) in [5.74, 6) is -0.310.